The molecule has 19 heavy (non-hydrogen) atoms. The molecule has 0 atom stereocenters. The van der Waals surface area contributed by atoms with Gasteiger partial charge < -0.3 is 14.2 Å². The zero-order valence-electron chi connectivity index (χ0n) is 11.3. The van der Waals surface area contributed by atoms with E-state index in [-0.39, 0.29) is 12.4 Å². The summed E-state index contributed by atoms with van der Waals surface area (Å²) in [4.78, 5) is 11.9. The molecule has 4 nitrogen and oxygen atoms in total. The number of ketones is 1. The molecule has 0 amide bonds. The number of rotatable bonds is 6. The van der Waals surface area contributed by atoms with Gasteiger partial charge in [0.1, 0.15) is 12.4 Å². The predicted octanol–water partition coefficient (Wildman–Crippen LogP) is 2.32. The zero-order valence-corrected chi connectivity index (χ0v) is 11.3. The van der Waals surface area contributed by atoms with Crippen molar-refractivity contribution < 1.29 is 19.0 Å². The van der Waals surface area contributed by atoms with Crippen LogP contribution in [0.15, 0.2) is 24.3 Å². The highest BCUT2D eigenvalue weighted by atomic mass is 16.5. The Balaban J connectivity index is 1.73. The Hall–Kier alpha value is -1.39. The van der Waals surface area contributed by atoms with Crippen molar-refractivity contribution in [2.45, 2.75) is 12.8 Å². The van der Waals surface area contributed by atoms with Crippen LogP contribution in [0, 0.1) is 5.92 Å². The molecule has 0 saturated carbocycles. The number of Topliss-reactive ketones (excluding diaryl/α,β-unsaturated/α-hetero) is 1. The third-order valence-corrected chi connectivity index (χ3v) is 3.34. The van der Waals surface area contributed by atoms with Crippen molar-refractivity contribution in [1.29, 1.82) is 0 Å². The van der Waals surface area contributed by atoms with E-state index < -0.39 is 0 Å². The second-order valence-corrected chi connectivity index (χ2v) is 4.72. The van der Waals surface area contributed by atoms with Crippen molar-refractivity contribution in [1.82, 2.24) is 0 Å². The van der Waals surface area contributed by atoms with E-state index in [4.69, 9.17) is 14.2 Å². The lowest BCUT2D eigenvalue weighted by atomic mass is 10.0. The zero-order chi connectivity index (χ0) is 13.5. The molecule has 0 aliphatic carbocycles. The molecule has 0 radical (unpaired) electrons. The summed E-state index contributed by atoms with van der Waals surface area (Å²) in [5.74, 6) is 1.28. The Labute approximate surface area is 113 Å². The number of carbonyl (C=O) groups excluding carboxylic acids is 1. The normalized spacial score (nSPS) is 16.3. The van der Waals surface area contributed by atoms with Crippen molar-refractivity contribution in [2.24, 2.45) is 5.92 Å². The fourth-order valence-corrected chi connectivity index (χ4v) is 2.09. The molecule has 0 unspecified atom stereocenters. The van der Waals surface area contributed by atoms with Crippen LogP contribution in [0.2, 0.25) is 0 Å². The van der Waals surface area contributed by atoms with Crippen molar-refractivity contribution in [3.63, 3.8) is 0 Å². The van der Waals surface area contributed by atoms with Gasteiger partial charge in [0, 0.05) is 18.8 Å². The first kappa shape index (κ1) is 14.0. The standard InChI is InChI=1S/C15H20O4/c1-17-14-4-2-13(3-5-14)15(16)11-19-10-12-6-8-18-9-7-12/h2-5,12H,6-11H2,1H3. The van der Waals surface area contributed by atoms with Gasteiger partial charge in [0.15, 0.2) is 5.78 Å². The van der Waals surface area contributed by atoms with Crippen molar-refractivity contribution in [3.8, 4) is 5.75 Å². The number of methoxy groups -OCH3 is 1. The molecule has 1 aliphatic heterocycles. The summed E-state index contributed by atoms with van der Waals surface area (Å²) >= 11 is 0. The molecule has 1 aromatic rings. The van der Waals surface area contributed by atoms with Gasteiger partial charge in [-0.2, -0.15) is 0 Å². The van der Waals surface area contributed by atoms with Crippen LogP contribution in [0.25, 0.3) is 0 Å². The minimum atomic E-state index is 0.00899. The quantitative estimate of drug-likeness (QED) is 0.740. The Morgan fingerprint density at radius 2 is 1.95 bits per heavy atom. The number of ether oxygens (including phenoxy) is 3. The fourth-order valence-electron chi connectivity index (χ4n) is 2.09. The molecule has 1 saturated heterocycles. The highest BCUT2D eigenvalue weighted by Crippen LogP contribution is 2.15. The molecule has 0 spiro atoms. The Kier molecular flexibility index (Phi) is 5.36. The summed E-state index contributed by atoms with van der Waals surface area (Å²) in [7, 11) is 1.60. The van der Waals surface area contributed by atoms with E-state index in [1.165, 1.54) is 0 Å². The molecular formula is C15H20O4. The third kappa shape index (κ3) is 4.33. The number of hydrogen-bond acceptors (Lipinski definition) is 4. The monoisotopic (exact) mass is 264 g/mol. The maximum absolute atomic E-state index is 11.9. The third-order valence-electron chi connectivity index (χ3n) is 3.34. The SMILES string of the molecule is COc1ccc(C(=O)COCC2CCOCC2)cc1. The van der Waals surface area contributed by atoms with Gasteiger partial charge in [-0.05, 0) is 43.0 Å². The number of hydrogen-bond donors (Lipinski definition) is 0. The van der Waals surface area contributed by atoms with Crippen LogP contribution in [0.3, 0.4) is 0 Å². The van der Waals surface area contributed by atoms with Crippen LogP contribution < -0.4 is 4.74 Å². The Bertz CT molecular complexity index is 393. The first-order valence-electron chi connectivity index (χ1n) is 6.62. The number of carbonyl (C=O) groups is 1. The average molecular weight is 264 g/mol. The molecule has 104 valence electrons. The Morgan fingerprint density at radius 3 is 2.58 bits per heavy atom. The van der Waals surface area contributed by atoms with E-state index in [1.54, 1.807) is 31.4 Å². The lowest BCUT2D eigenvalue weighted by Crippen LogP contribution is -2.21. The van der Waals surface area contributed by atoms with E-state index in [2.05, 4.69) is 0 Å². The van der Waals surface area contributed by atoms with E-state index in [1.807, 2.05) is 0 Å². The molecule has 0 aromatic heterocycles. The first-order valence-corrected chi connectivity index (χ1v) is 6.62. The van der Waals surface area contributed by atoms with Gasteiger partial charge in [0.05, 0.1) is 13.7 Å². The van der Waals surface area contributed by atoms with E-state index >= 15 is 0 Å². The second kappa shape index (κ2) is 7.26. The van der Waals surface area contributed by atoms with Gasteiger partial charge in [-0.15, -0.1) is 0 Å². The van der Waals surface area contributed by atoms with Crippen LogP contribution in [-0.2, 0) is 9.47 Å². The average Bonchev–Trinajstić information content (AvgIpc) is 2.48. The summed E-state index contributed by atoms with van der Waals surface area (Å²) in [5, 5.41) is 0. The maximum Gasteiger partial charge on any atom is 0.188 e. The lowest BCUT2D eigenvalue weighted by molar-refractivity contribution is 0.0216. The van der Waals surface area contributed by atoms with Gasteiger partial charge in [-0.25, -0.2) is 0 Å². The highest BCUT2D eigenvalue weighted by molar-refractivity contribution is 5.97. The summed E-state index contributed by atoms with van der Waals surface area (Å²) in [6.45, 7) is 2.40. The fraction of sp³-hybridized carbons (Fsp3) is 0.533. The second-order valence-electron chi connectivity index (χ2n) is 4.72. The van der Waals surface area contributed by atoms with Gasteiger partial charge in [0.2, 0.25) is 0 Å². The smallest absolute Gasteiger partial charge is 0.188 e. The van der Waals surface area contributed by atoms with E-state index in [9.17, 15) is 4.79 Å². The molecule has 1 heterocycles. The molecule has 1 aromatic carbocycles. The first-order chi connectivity index (χ1) is 9.29. The van der Waals surface area contributed by atoms with Crippen LogP contribution in [0.5, 0.6) is 5.75 Å². The summed E-state index contributed by atoms with van der Waals surface area (Å²) in [6.07, 6.45) is 2.05. The van der Waals surface area contributed by atoms with E-state index in [0.29, 0.717) is 18.1 Å². The van der Waals surface area contributed by atoms with Gasteiger partial charge >= 0.3 is 0 Å². The molecule has 2 rings (SSSR count). The largest absolute Gasteiger partial charge is 0.497 e. The highest BCUT2D eigenvalue weighted by Gasteiger charge is 2.14. The maximum atomic E-state index is 11.9. The van der Waals surface area contributed by atoms with Crippen molar-refractivity contribution in [3.05, 3.63) is 29.8 Å². The molecule has 0 N–H and O–H groups in total. The molecule has 1 aliphatic rings. The van der Waals surface area contributed by atoms with Crippen LogP contribution in [-0.4, -0.2) is 39.3 Å². The molecule has 0 bridgehead atoms. The predicted molar refractivity (Wildman–Crippen MR) is 71.7 cm³/mol. The summed E-state index contributed by atoms with van der Waals surface area (Å²) in [5.41, 5.74) is 0.660. The topological polar surface area (TPSA) is 44.8 Å². The lowest BCUT2D eigenvalue weighted by Gasteiger charge is -2.21. The van der Waals surface area contributed by atoms with Crippen LogP contribution in [0.4, 0.5) is 0 Å². The minimum absolute atomic E-state index is 0.00899. The molecule has 1 fully saturated rings. The molecular weight excluding hydrogens is 244 g/mol. The van der Waals surface area contributed by atoms with Crippen molar-refractivity contribution in [2.75, 3.05) is 33.5 Å². The summed E-state index contributed by atoms with van der Waals surface area (Å²) < 4.78 is 15.8. The van der Waals surface area contributed by atoms with Gasteiger partial charge in [0.25, 0.3) is 0 Å². The van der Waals surface area contributed by atoms with Crippen molar-refractivity contribution >= 4 is 5.78 Å². The van der Waals surface area contributed by atoms with Gasteiger partial charge in [-0.3, -0.25) is 4.79 Å². The van der Waals surface area contributed by atoms with Crippen LogP contribution >= 0.6 is 0 Å². The molecule has 4 heteroatoms. The minimum Gasteiger partial charge on any atom is -0.497 e. The van der Waals surface area contributed by atoms with E-state index in [0.717, 1.165) is 31.8 Å². The Morgan fingerprint density at radius 1 is 1.26 bits per heavy atom. The van der Waals surface area contributed by atoms with Gasteiger partial charge in [-0.1, -0.05) is 0 Å². The van der Waals surface area contributed by atoms with Crippen LogP contribution in [0.1, 0.15) is 23.2 Å². The number of benzene rings is 1. The summed E-state index contributed by atoms with van der Waals surface area (Å²) in [6, 6.07) is 7.09.